The predicted molar refractivity (Wildman–Crippen MR) is 76.6 cm³/mol. The molecule has 0 aliphatic rings. The van der Waals surface area contributed by atoms with Gasteiger partial charge in [0.05, 0.1) is 16.4 Å². The number of rotatable bonds is 5. The summed E-state index contributed by atoms with van der Waals surface area (Å²) >= 11 is 3.24. The van der Waals surface area contributed by atoms with Crippen LogP contribution in [0.25, 0.3) is 0 Å². The number of benzene rings is 1. The molecule has 2 aromatic rings. The largest absolute Gasteiger partial charge is 0.433 e. The molecule has 112 valence electrons. The number of alkyl halides is 2. The standard InChI is InChI=1S/C13H12BrF2N3O2/c1-2-19-11(8(14)7-17-19)12(20)18-9-5-3-4-6-10(9)21-13(15)16/h3-7,13H,2H2,1H3,(H,18,20). The van der Waals surface area contributed by atoms with Crippen LogP contribution in [0.4, 0.5) is 14.5 Å². The Balaban J connectivity index is 2.26. The zero-order valence-corrected chi connectivity index (χ0v) is 12.6. The third-order valence-corrected chi connectivity index (χ3v) is 3.24. The Hall–Kier alpha value is -1.96. The van der Waals surface area contributed by atoms with Crippen molar-refractivity contribution < 1.29 is 18.3 Å². The lowest BCUT2D eigenvalue weighted by atomic mass is 10.2. The van der Waals surface area contributed by atoms with Crippen LogP contribution < -0.4 is 10.1 Å². The van der Waals surface area contributed by atoms with E-state index < -0.39 is 12.5 Å². The molecule has 1 amide bonds. The number of ether oxygens (including phenoxy) is 1. The molecule has 0 aliphatic carbocycles. The van der Waals surface area contributed by atoms with Crippen LogP contribution in [0, 0.1) is 0 Å². The molecule has 0 atom stereocenters. The fraction of sp³-hybridized carbons (Fsp3) is 0.231. The number of aromatic nitrogens is 2. The summed E-state index contributed by atoms with van der Waals surface area (Å²) in [5, 5.41) is 6.57. The molecule has 0 saturated heterocycles. The number of anilines is 1. The molecule has 1 aromatic carbocycles. The number of nitrogens with zero attached hydrogens (tertiary/aromatic N) is 2. The Morgan fingerprint density at radius 1 is 1.48 bits per heavy atom. The van der Waals surface area contributed by atoms with Crippen LogP contribution in [0.2, 0.25) is 0 Å². The summed E-state index contributed by atoms with van der Waals surface area (Å²) in [7, 11) is 0. The van der Waals surface area contributed by atoms with Crippen LogP contribution >= 0.6 is 15.9 Å². The highest BCUT2D eigenvalue weighted by molar-refractivity contribution is 9.10. The Morgan fingerprint density at radius 2 is 2.19 bits per heavy atom. The summed E-state index contributed by atoms with van der Waals surface area (Å²) in [6.07, 6.45) is 1.50. The van der Waals surface area contributed by atoms with Crippen LogP contribution in [-0.4, -0.2) is 22.3 Å². The van der Waals surface area contributed by atoms with Crippen LogP contribution in [0.15, 0.2) is 34.9 Å². The minimum atomic E-state index is -2.96. The summed E-state index contributed by atoms with van der Waals surface area (Å²) in [6, 6.07) is 5.99. The second kappa shape index (κ2) is 6.66. The second-order valence-corrected chi connectivity index (χ2v) is 4.84. The van der Waals surface area contributed by atoms with E-state index in [4.69, 9.17) is 0 Å². The number of hydrogen-bond acceptors (Lipinski definition) is 3. The second-order valence-electron chi connectivity index (χ2n) is 3.99. The molecule has 5 nitrogen and oxygen atoms in total. The average molecular weight is 360 g/mol. The molecular formula is C13H12BrF2N3O2. The first-order chi connectivity index (χ1) is 10.0. The molecule has 0 bridgehead atoms. The smallest absolute Gasteiger partial charge is 0.387 e. The Morgan fingerprint density at radius 3 is 2.86 bits per heavy atom. The van der Waals surface area contributed by atoms with Crippen molar-refractivity contribution in [2.24, 2.45) is 0 Å². The van der Waals surface area contributed by atoms with Crippen LogP contribution in [0.5, 0.6) is 5.75 Å². The number of aryl methyl sites for hydroxylation is 1. The van der Waals surface area contributed by atoms with Crippen molar-refractivity contribution in [3.8, 4) is 5.75 Å². The summed E-state index contributed by atoms with van der Waals surface area (Å²) in [6.45, 7) is -0.621. The highest BCUT2D eigenvalue weighted by Crippen LogP contribution is 2.27. The number of amides is 1. The van der Waals surface area contributed by atoms with E-state index in [0.717, 1.165) is 0 Å². The van der Waals surface area contributed by atoms with Crippen LogP contribution in [0.3, 0.4) is 0 Å². The first-order valence-electron chi connectivity index (χ1n) is 6.09. The van der Waals surface area contributed by atoms with E-state index in [1.807, 2.05) is 6.92 Å². The van der Waals surface area contributed by atoms with Gasteiger partial charge in [0.15, 0.2) is 0 Å². The molecule has 0 saturated carbocycles. The molecule has 2 rings (SSSR count). The number of carbonyl (C=O) groups is 1. The normalized spacial score (nSPS) is 10.7. The van der Waals surface area contributed by atoms with Gasteiger partial charge in [-0.1, -0.05) is 12.1 Å². The summed E-state index contributed by atoms with van der Waals surface area (Å²) in [5.74, 6) is -0.564. The van der Waals surface area contributed by atoms with Crippen molar-refractivity contribution in [1.82, 2.24) is 9.78 Å². The zero-order valence-electron chi connectivity index (χ0n) is 11.0. The Labute approximate surface area is 128 Å². The highest BCUT2D eigenvalue weighted by atomic mass is 79.9. The van der Waals surface area contributed by atoms with Gasteiger partial charge < -0.3 is 10.1 Å². The number of hydrogen-bond donors (Lipinski definition) is 1. The molecule has 1 aromatic heterocycles. The van der Waals surface area contributed by atoms with E-state index in [9.17, 15) is 13.6 Å². The van der Waals surface area contributed by atoms with Gasteiger partial charge in [0.1, 0.15) is 11.4 Å². The maximum absolute atomic E-state index is 12.3. The Bertz CT molecular complexity index is 646. The fourth-order valence-electron chi connectivity index (χ4n) is 1.78. The highest BCUT2D eigenvalue weighted by Gasteiger charge is 2.18. The molecule has 8 heteroatoms. The molecular weight excluding hydrogens is 348 g/mol. The predicted octanol–water partition coefficient (Wildman–Crippen LogP) is 3.52. The fourth-order valence-corrected chi connectivity index (χ4v) is 2.25. The molecule has 1 heterocycles. The van der Waals surface area contributed by atoms with Crippen molar-refractivity contribution in [2.75, 3.05) is 5.32 Å². The van der Waals surface area contributed by atoms with Crippen molar-refractivity contribution >= 4 is 27.5 Å². The summed E-state index contributed by atoms with van der Waals surface area (Å²) in [5.41, 5.74) is 0.475. The van der Waals surface area contributed by atoms with Gasteiger partial charge >= 0.3 is 6.61 Å². The molecule has 0 unspecified atom stereocenters. The molecule has 0 aliphatic heterocycles. The molecule has 0 spiro atoms. The van der Waals surface area contributed by atoms with Gasteiger partial charge in [-0.15, -0.1) is 0 Å². The molecule has 21 heavy (non-hydrogen) atoms. The van der Waals surface area contributed by atoms with E-state index in [-0.39, 0.29) is 11.4 Å². The first kappa shape index (κ1) is 15.4. The van der Waals surface area contributed by atoms with Crippen molar-refractivity contribution in [2.45, 2.75) is 20.1 Å². The topological polar surface area (TPSA) is 56.2 Å². The minimum absolute atomic E-state index is 0.0977. The minimum Gasteiger partial charge on any atom is -0.433 e. The summed E-state index contributed by atoms with van der Waals surface area (Å²) in [4.78, 5) is 12.3. The monoisotopic (exact) mass is 359 g/mol. The quantitative estimate of drug-likeness (QED) is 0.888. The maximum atomic E-state index is 12.3. The van der Waals surface area contributed by atoms with E-state index in [2.05, 4.69) is 31.1 Å². The lowest BCUT2D eigenvalue weighted by molar-refractivity contribution is -0.0493. The lowest BCUT2D eigenvalue weighted by Gasteiger charge is -2.12. The van der Waals surface area contributed by atoms with Crippen LogP contribution in [-0.2, 0) is 6.54 Å². The third-order valence-electron chi connectivity index (χ3n) is 2.66. The van der Waals surface area contributed by atoms with Gasteiger partial charge in [-0.05, 0) is 35.0 Å². The van der Waals surface area contributed by atoms with Crippen LogP contribution in [0.1, 0.15) is 17.4 Å². The van der Waals surface area contributed by atoms with Gasteiger partial charge in [0.25, 0.3) is 5.91 Å². The van der Waals surface area contributed by atoms with E-state index in [0.29, 0.717) is 16.7 Å². The van der Waals surface area contributed by atoms with E-state index >= 15 is 0 Å². The molecule has 1 N–H and O–H groups in total. The zero-order chi connectivity index (χ0) is 15.4. The van der Waals surface area contributed by atoms with Gasteiger partial charge in [-0.25, -0.2) is 0 Å². The molecule has 0 fully saturated rings. The van der Waals surface area contributed by atoms with Crippen molar-refractivity contribution in [1.29, 1.82) is 0 Å². The van der Waals surface area contributed by atoms with Crippen molar-refractivity contribution in [3.63, 3.8) is 0 Å². The molecule has 0 radical (unpaired) electrons. The first-order valence-corrected chi connectivity index (χ1v) is 6.88. The lowest BCUT2D eigenvalue weighted by Crippen LogP contribution is -2.18. The Kier molecular flexibility index (Phi) is 4.89. The van der Waals surface area contributed by atoms with E-state index in [1.165, 1.54) is 23.0 Å². The van der Waals surface area contributed by atoms with Crippen molar-refractivity contribution in [3.05, 3.63) is 40.6 Å². The number of halogens is 3. The van der Waals surface area contributed by atoms with Gasteiger partial charge in [-0.2, -0.15) is 13.9 Å². The maximum Gasteiger partial charge on any atom is 0.387 e. The van der Waals surface area contributed by atoms with Gasteiger partial charge in [-0.3, -0.25) is 9.48 Å². The third kappa shape index (κ3) is 3.57. The van der Waals surface area contributed by atoms with Gasteiger partial charge in [0, 0.05) is 6.54 Å². The van der Waals surface area contributed by atoms with E-state index in [1.54, 1.807) is 12.1 Å². The number of para-hydroxylation sites is 2. The average Bonchev–Trinajstić information content (AvgIpc) is 2.81. The number of nitrogens with one attached hydrogen (secondary N) is 1. The number of carbonyl (C=O) groups excluding carboxylic acids is 1. The SMILES string of the molecule is CCn1ncc(Br)c1C(=O)Nc1ccccc1OC(F)F. The van der Waals surface area contributed by atoms with Gasteiger partial charge in [0.2, 0.25) is 0 Å². The summed E-state index contributed by atoms with van der Waals surface area (Å²) < 4.78 is 31.1.